The first kappa shape index (κ1) is 38.5. The highest BCUT2D eigenvalue weighted by atomic mass is 15.2. The Bertz CT molecular complexity index is 3350. The average molecular weight is 811 g/mol. The molecule has 0 amide bonds. The molecule has 1 heterocycles. The molecule has 0 saturated heterocycles. The smallest absolute Gasteiger partial charge is 0.0781 e. The predicted molar refractivity (Wildman–Crippen MR) is 268 cm³/mol. The number of para-hydroxylation sites is 3. The van der Waals surface area contributed by atoms with Crippen molar-refractivity contribution >= 4 is 38.9 Å². The zero-order valence-corrected chi connectivity index (χ0v) is 35.5. The van der Waals surface area contributed by atoms with Crippen LogP contribution in [0.2, 0.25) is 0 Å². The van der Waals surface area contributed by atoms with Crippen molar-refractivity contribution in [2.24, 2.45) is 0 Å². The molecule has 9 aromatic carbocycles. The molecule has 2 nitrogen and oxygen atoms in total. The summed E-state index contributed by atoms with van der Waals surface area (Å²) in [4.78, 5) is 2.51. The second-order valence-electron chi connectivity index (χ2n) is 18.1. The lowest BCUT2D eigenvalue weighted by Crippen LogP contribution is -2.16. The van der Waals surface area contributed by atoms with Gasteiger partial charge in [-0.15, -0.1) is 0 Å². The Morgan fingerprint density at radius 2 is 0.825 bits per heavy atom. The van der Waals surface area contributed by atoms with E-state index in [2.05, 4.69) is 243 Å². The fourth-order valence-corrected chi connectivity index (χ4v) is 10.9. The first-order valence-electron chi connectivity index (χ1n) is 21.9. The van der Waals surface area contributed by atoms with Crippen LogP contribution in [0.1, 0.15) is 57.4 Å². The second kappa shape index (κ2) is 14.3. The summed E-state index contributed by atoms with van der Waals surface area (Å²) < 4.78 is 2.48. The van der Waals surface area contributed by atoms with Gasteiger partial charge in [0, 0.05) is 38.5 Å². The third kappa shape index (κ3) is 5.71. The molecule has 304 valence electrons. The van der Waals surface area contributed by atoms with Crippen LogP contribution in [-0.2, 0) is 10.8 Å². The molecule has 0 radical (unpaired) electrons. The maximum Gasteiger partial charge on any atom is 0.0781 e. The molecule has 63 heavy (non-hydrogen) atoms. The quantitative estimate of drug-likeness (QED) is 0.162. The van der Waals surface area contributed by atoms with Crippen molar-refractivity contribution in [3.05, 3.63) is 229 Å². The standard InChI is InChI=1S/C60H46N2.CH4/c1-59(2)51-24-12-8-19-45(51)49-37-41(31-35-53(49)59)39-29-32-42(33-30-39)61(43-34-36-54-50(38-43)46-20-9-13-25-52(46)60(54,3)4)58-44(40-17-6-5-7-18-40)23-16-28-57(58)62-55-26-14-10-21-47(55)48-22-11-15-27-56(48)62;/h5-38H,1-4H3;1H4. The van der Waals surface area contributed by atoms with E-state index in [0.29, 0.717) is 0 Å². The van der Waals surface area contributed by atoms with Gasteiger partial charge in [-0.3, -0.25) is 0 Å². The maximum atomic E-state index is 2.51. The minimum atomic E-state index is -0.0986. The highest BCUT2D eigenvalue weighted by Crippen LogP contribution is 2.53. The summed E-state index contributed by atoms with van der Waals surface area (Å²) in [5.41, 5.74) is 22.2. The predicted octanol–water partition coefficient (Wildman–Crippen LogP) is 16.8. The third-order valence-corrected chi connectivity index (χ3v) is 14.0. The van der Waals surface area contributed by atoms with E-state index in [0.717, 1.165) is 28.3 Å². The molecule has 10 aromatic rings. The molecular weight excluding hydrogens is 761 g/mol. The molecule has 0 atom stereocenters. The number of hydrogen-bond donors (Lipinski definition) is 0. The van der Waals surface area contributed by atoms with Crippen LogP contribution in [0.4, 0.5) is 17.1 Å². The largest absolute Gasteiger partial charge is 0.308 e. The van der Waals surface area contributed by atoms with Gasteiger partial charge in [-0.25, -0.2) is 0 Å². The van der Waals surface area contributed by atoms with E-state index in [-0.39, 0.29) is 18.3 Å². The molecule has 0 unspecified atom stereocenters. The number of fused-ring (bicyclic) bond motifs is 9. The maximum absolute atomic E-state index is 2.51. The van der Waals surface area contributed by atoms with Gasteiger partial charge in [0.2, 0.25) is 0 Å². The minimum Gasteiger partial charge on any atom is -0.308 e. The molecule has 0 N–H and O–H groups in total. The Morgan fingerprint density at radius 1 is 0.349 bits per heavy atom. The molecule has 2 aliphatic carbocycles. The summed E-state index contributed by atoms with van der Waals surface area (Å²) in [6.07, 6.45) is 0. The zero-order valence-electron chi connectivity index (χ0n) is 35.5. The summed E-state index contributed by atoms with van der Waals surface area (Å²) in [5.74, 6) is 0. The van der Waals surface area contributed by atoms with Crippen LogP contribution in [0.25, 0.3) is 72.0 Å². The van der Waals surface area contributed by atoms with Gasteiger partial charge >= 0.3 is 0 Å². The Hall–Kier alpha value is -7.42. The fraction of sp³-hybridized carbons (Fsp3) is 0.115. The van der Waals surface area contributed by atoms with Gasteiger partial charge in [-0.1, -0.05) is 193 Å². The van der Waals surface area contributed by atoms with Crippen molar-refractivity contribution < 1.29 is 0 Å². The van der Waals surface area contributed by atoms with Crippen LogP contribution >= 0.6 is 0 Å². The van der Waals surface area contributed by atoms with E-state index in [9.17, 15) is 0 Å². The molecule has 12 rings (SSSR count). The Kier molecular flexibility index (Phi) is 8.75. The minimum absolute atomic E-state index is 0. The first-order valence-corrected chi connectivity index (χ1v) is 21.9. The van der Waals surface area contributed by atoms with E-state index in [4.69, 9.17) is 0 Å². The molecule has 2 heteroatoms. The highest BCUT2D eigenvalue weighted by molar-refractivity contribution is 6.10. The number of anilines is 3. The van der Waals surface area contributed by atoms with Crippen molar-refractivity contribution in [3.63, 3.8) is 0 Å². The monoisotopic (exact) mass is 810 g/mol. The Labute approximate surface area is 371 Å². The van der Waals surface area contributed by atoms with Crippen LogP contribution in [0.5, 0.6) is 0 Å². The van der Waals surface area contributed by atoms with E-state index in [1.165, 1.54) is 83.0 Å². The van der Waals surface area contributed by atoms with Gasteiger partial charge in [-0.05, 0) is 110 Å². The van der Waals surface area contributed by atoms with Gasteiger partial charge < -0.3 is 9.47 Å². The van der Waals surface area contributed by atoms with Gasteiger partial charge in [0.25, 0.3) is 0 Å². The molecule has 0 saturated carbocycles. The summed E-state index contributed by atoms with van der Waals surface area (Å²) in [6.45, 7) is 9.41. The van der Waals surface area contributed by atoms with Gasteiger partial charge in [0.1, 0.15) is 0 Å². The lowest BCUT2D eigenvalue weighted by Gasteiger charge is -2.31. The van der Waals surface area contributed by atoms with Gasteiger partial charge in [0.15, 0.2) is 0 Å². The third-order valence-electron chi connectivity index (χ3n) is 14.0. The zero-order chi connectivity index (χ0) is 41.7. The molecule has 2 aliphatic rings. The highest BCUT2D eigenvalue weighted by Gasteiger charge is 2.37. The fourth-order valence-electron chi connectivity index (χ4n) is 10.9. The summed E-state index contributed by atoms with van der Waals surface area (Å²) >= 11 is 0. The lowest BCUT2D eigenvalue weighted by atomic mass is 9.82. The number of rotatable bonds is 6. The van der Waals surface area contributed by atoms with Crippen molar-refractivity contribution in [3.8, 4) is 50.2 Å². The van der Waals surface area contributed by atoms with Crippen molar-refractivity contribution in [1.29, 1.82) is 0 Å². The van der Waals surface area contributed by atoms with Crippen molar-refractivity contribution in [2.75, 3.05) is 4.90 Å². The number of aromatic nitrogens is 1. The number of nitrogens with zero attached hydrogens (tertiary/aromatic N) is 2. The van der Waals surface area contributed by atoms with Gasteiger partial charge in [0.05, 0.1) is 22.4 Å². The van der Waals surface area contributed by atoms with E-state index < -0.39 is 0 Å². The van der Waals surface area contributed by atoms with Gasteiger partial charge in [-0.2, -0.15) is 0 Å². The second-order valence-corrected chi connectivity index (χ2v) is 18.1. The van der Waals surface area contributed by atoms with E-state index in [1.807, 2.05) is 0 Å². The SMILES string of the molecule is C.CC1(C)c2ccccc2-c2cc(-c3ccc(N(c4ccc5c(c4)-c4ccccc4C5(C)C)c4c(-c5ccccc5)cccc4-n4c5ccccc5c5ccccc54)cc3)ccc21. The summed E-state index contributed by atoms with van der Waals surface area (Å²) in [6, 6.07) is 76.7. The first-order chi connectivity index (χ1) is 30.3. The molecule has 0 fully saturated rings. The summed E-state index contributed by atoms with van der Waals surface area (Å²) in [5, 5.41) is 2.48. The topological polar surface area (TPSA) is 8.17 Å². The summed E-state index contributed by atoms with van der Waals surface area (Å²) in [7, 11) is 0. The van der Waals surface area contributed by atoms with Crippen LogP contribution in [0.3, 0.4) is 0 Å². The van der Waals surface area contributed by atoms with E-state index >= 15 is 0 Å². The normalized spacial score (nSPS) is 13.8. The number of hydrogen-bond acceptors (Lipinski definition) is 1. The average Bonchev–Trinajstić information content (AvgIpc) is 3.86. The molecule has 1 aromatic heterocycles. The van der Waals surface area contributed by atoms with Crippen LogP contribution in [-0.4, -0.2) is 4.57 Å². The van der Waals surface area contributed by atoms with Crippen molar-refractivity contribution in [1.82, 2.24) is 4.57 Å². The molecule has 0 bridgehead atoms. The van der Waals surface area contributed by atoms with Crippen LogP contribution in [0.15, 0.2) is 206 Å². The number of benzene rings is 9. The van der Waals surface area contributed by atoms with Crippen LogP contribution < -0.4 is 4.90 Å². The lowest BCUT2D eigenvalue weighted by molar-refractivity contribution is 0.660. The molecular formula is C61H50N2. The molecule has 0 aliphatic heterocycles. The van der Waals surface area contributed by atoms with Crippen molar-refractivity contribution in [2.45, 2.75) is 46.0 Å². The van der Waals surface area contributed by atoms with Crippen LogP contribution in [0, 0.1) is 0 Å². The van der Waals surface area contributed by atoms with E-state index in [1.54, 1.807) is 0 Å². The molecule has 0 spiro atoms. The Balaban J connectivity index is 0.00000444. The Morgan fingerprint density at radius 3 is 1.46 bits per heavy atom.